The van der Waals surface area contributed by atoms with E-state index in [0.717, 1.165) is 5.56 Å². The number of pyridine rings is 1. The molecule has 0 spiro atoms. The van der Waals surface area contributed by atoms with Crippen molar-refractivity contribution >= 4 is 17.5 Å². The molecule has 2 N–H and O–H groups in total. The van der Waals surface area contributed by atoms with E-state index in [-0.39, 0.29) is 5.56 Å². The summed E-state index contributed by atoms with van der Waals surface area (Å²) in [5.41, 5.74) is 1.15. The molecular formula is C13H11ClN2O2. The molecule has 0 saturated carbocycles. The van der Waals surface area contributed by atoms with Crippen molar-refractivity contribution in [2.75, 3.05) is 7.05 Å². The van der Waals surface area contributed by atoms with E-state index in [1.54, 1.807) is 30.3 Å². The first-order valence-corrected chi connectivity index (χ1v) is 5.71. The van der Waals surface area contributed by atoms with Crippen LogP contribution < -0.4 is 10.9 Å². The van der Waals surface area contributed by atoms with Crippen molar-refractivity contribution in [3.05, 3.63) is 57.3 Å². The normalized spacial score (nSPS) is 10.1. The molecule has 0 atom stereocenters. The van der Waals surface area contributed by atoms with Gasteiger partial charge in [0.1, 0.15) is 5.56 Å². The third kappa shape index (κ3) is 2.43. The molecule has 1 aromatic heterocycles. The lowest BCUT2D eigenvalue weighted by Crippen LogP contribution is -2.26. The van der Waals surface area contributed by atoms with Crippen LogP contribution in [0.15, 0.2) is 41.2 Å². The van der Waals surface area contributed by atoms with E-state index >= 15 is 0 Å². The van der Waals surface area contributed by atoms with E-state index in [2.05, 4.69) is 10.3 Å². The molecule has 0 saturated heterocycles. The Kier molecular flexibility index (Phi) is 3.48. The molecule has 5 heteroatoms. The summed E-state index contributed by atoms with van der Waals surface area (Å²) in [5.74, 6) is -0.404. The zero-order valence-corrected chi connectivity index (χ0v) is 10.4. The highest BCUT2D eigenvalue weighted by Crippen LogP contribution is 2.18. The first-order chi connectivity index (χ1) is 8.61. The molecule has 0 unspecified atom stereocenters. The molecular weight excluding hydrogens is 252 g/mol. The number of benzene rings is 1. The van der Waals surface area contributed by atoms with Crippen LogP contribution in [-0.4, -0.2) is 17.9 Å². The standard InChI is InChI=1S/C13H11ClN2O2/c1-15-12(17)10-6-7-11(16-13(10)18)8-2-4-9(14)5-3-8/h2-7H,1H3,(H,15,17)(H,16,18). The second kappa shape index (κ2) is 5.06. The van der Waals surface area contributed by atoms with E-state index in [4.69, 9.17) is 11.6 Å². The first-order valence-electron chi connectivity index (χ1n) is 5.33. The highest BCUT2D eigenvalue weighted by molar-refractivity contribution is 6.30. The van der Waals surface area contributed by atoms with Crippen LogP contribution in [-0.2, 0) is 0 Å². The Morgan fingerprint density at radius 1 is 1.17 bits per heavy atom. The van der Waals surface area contributed by atoms with Crippen molar-refractivity contribution in [3.8, 4) is 11.3 Å². The summed E-state index contributed by atoms with van der Waals surface area (Å²) in [6.45, 7) is 0. The Bertz CT molecular complexity index is 632. The van der Waals surface area contributed by atoms with Gasteiger partial charge in [-0.15, -0.1) is 0 Å². The molecule has 2 rings (SSSR count). The fourth-order valence-corrected chi connectivity index (χ4v) is 1.71. The average molecular weight is 263 g/mol. The lowest BCUT2D eigenvalue weighted by atomic mass is 10.1. The highest BCUT2D eigenvalue weighted by atomic mass is 35.5. The van der Waals surface area contributed by atoms with Crippen LogP contribution in [0.25, 0.3) is 11.3 Å². The minimum Gasteiger partial charge on any atom is -0.355 e. The Labute approximate surface area is 109 Å². The zero-order chi connectivity index (χ0) is 13.1. The number of carbonyl (C=O) groups is 1. The van der Waals surface area contributed by atoms with Gasteiger partial charge in [-0.25, -0.2) is 0 Å². The molecule has 92 valence electrons. The molecule has 0 bridgehead atoms. The van der Waals surface area contributed by atoms with Crippen molar-refractivity contribution in [2.45, 2.75) is 0 Å². The van der Waals surface area contributed by atoms with Crippen molar-refractivity contribution < 1.29 is 4.79 Å². The Morgan fingerprint density at radius 3 is 2.39 bits per heavy atom. The van der Waals surface area contributed by atoms with Crippen LogP contribution in [0.3, 0.4) is 0 Å². The summed E-state index contributed by atoms with van der Waals surface area (Å²) in [7, 11) is 1.48. The van der Waals surface area contributed by atoms with Crippen LogP contribution in [0.4, 0.5) is 0 Å². The SMILES string of the molecule is CNC(=O)c1ccc(-c2ccc(Cl)cc2)[nH]c1=O. The van der Waals surface area contributed by atoms with E-state index < -0.39 is 11.5 Å². The maximum absolute atomic E-state index is 11.7. The molecule has 0 fully saturated rings. The first kappa shape index (κ1) is 12.4. The monoisotopic (exact) mass is 262 g/mol. The molecule has 2 aromatic rings. The van der Waals surface area contributed by atoms with Gasteiger partial charge in [0.05, 0.1) is 0 Å². The summed E-state index contributed by atoms with van der Waals surface area (Å²) in [6.07, 6.45) is 0. The number of carbonyl (C=O) groups excluding carboxylic acids is 1. The second-order valence-electron chi connectivity index (χ2n) is 3.70. The van der Waals surface area contributed by atoms with Gasteiger partial charge in [-0.3, -0.25) is 9.59 Å². The third-order valence-electron chi connectivity index (χ3n) is 2.54. The molecule has 0 aliphatic carbocycles. The number of aromatic amines is 1. The van der Waals surface area contributed by atoms with Crippen LogP contribution in [0.1, 0.15) is 10.4 Å². The molecule has 0 radical (unpaired) electrons. The van der Waals surface area contributed by atoms with Gasteiger partial charge < -0.3 is 10.3 Å². The average Bonchev–Trinajstić information content (AvgIpc) is 2.38. The summed E-state index contributed by atoms with van der Waals surface area (Å²) in [6, 6.07) is 10.3. The molecule has 18 heavy (non-hydrogen) atoms. The van der Waals surface area contributed by atoms with Gasteiger partial charge in [-0.05, 0) is 29.8 Å². The molecule has 0 aliphatic rings. The lowest BCUT2D eigenvalue weighted by molar-refractivity contribution is 0.0961. The Morgan fingerprint density at radius 2 is 1.83 bits per heavy atom. The van der Waals surface area contributed by atoms with E-state index in [0.29, 0.717) is 10.7 Å². The van der Waals surface area contributed by atoms with E-state index in [1.807, 2.05) is 0 Å². The topological polar surface area (TPSA) is 62.0 Å². The summed E-state index contributed by atoms with van der Waals surface area (Å²) >= 11 is 5.79. The van der Waals surface area contributed by atoms with Crippen LogP contribution in [0, 0.1) is 0 Å². The van der Waals surface area contributed by atoms with E-state index in [1.165, 1.54) is 13.1 Å². The number of rotatable bonds is 2. The predicted octanol–water partition coefficient (Wildman–Crippen LogP) is 2.05. The van der Waals surface area contributed by atoms with Gasteiger partial charge in [0.25, 0.3) is 11.5 Å². The highest BCUT2D eigenvalue weighted by Gasteiger charge is 2.09. The minimum atomic E-state index is -0.415. The van der Waals surface area contributed by atoms with Gasteiger partial charge in [-0.2, -0.15) is 0 Å². The molecule has 1 heterocycles. The van der Waals surface area contributed by atoms with Crippen LogP contribution in [0.2, 0.25) is 5.02 Å². The van der Waals surface area contributed by atoms with Crippen LogP contribution >= 0.6 is 11.6 Å². The number of hydrogen-bond donors (Lipinski definition) is 2. The Balaban J connectivity index is 2.43. The van der Waals surface area contributed by atoms with Gasteiger partial charge in [0.2, 0.25) is 0 Å². The minimum absolute atomic E-state index is 0.0928. The van der Waals surface area contributed by atoms with Crippen molar-refractivity contribution in [3.63, 3.8) is 0 Å². The molecule has 1 amide bonds. The predicted molar refractivity (Wildman–Crippen MR) is 70.9 cm³/mol. The maximum atomic E-state index is 11.7. The number of nitrogens with one attached hydrogen (secondary N) is 2. The largest absolute Gasteiger partial charge is 0.355 e. The Hall–Kier alpha value is -2.07. The maximum Gasteiger partial charge on any atom is 0.261 e. The number of amides is 1. The third-order valence-corrected chi connectivity index (χ3v) is 2.79. The summed E-state index contributed by atoms with van der Waals surface area (Å²) in [4.78, 5) is 25.8. The summed E-state index contributed by atoms with van der Waals surface area (Å²) < 4.78 is 0. The molecule has 4 nitrogen and oxygen atoms in total. The lowest BCUT2D eigenvalue weighted by Gasteiger charge is -2.03. The summed E-state index contributed by atoms with van der Waals surface area (Å²) in [5, 5.41) is 3.04. The van der Waals surface area contributed by atoms with Crippen molar-refractivity contribution in [2.24, 2.45) is 0 Å². The van der Waals surface area contributed by atoms with E-state index in [9.17, 15) is 9.59 Å². The molecule has 0 aliphatic heterocycles. The van der Waals surface area contributed by atoms with Crippen LogP contribution in [0.5, 0.6) is 0 Å². The van der Waals surface area contributed by atoms with Gasteiger partial charge in [0.15, 0.2) is 0 Å². The second-order valence-corrected chi connectivity index (χ2v) is 4.14. The van der Waals surface area contributed by atoms with Crippen molar-refractivity contribution in [1.29, 1.82) is 0 Å². The number of H-pyrrole nitrogens is 1. The van der Waals surface area contributed by atoms with Gasteiger partial charge >= 0.3 is 0 Å². The zero-order valence-electron chi connectivity index (χ0n) is 9.66. The van der Waals surface area contributed by atoms with Gasteiger partial charge in [-0.1, -0.05) is 23.7 Å². The molecule has 1 aromatic carbocycles. The fourth-order valence-electron chi connectivity index (χ4n) is 1.58. The van der Waals surface area contributed by atoms with Gasteiger partial charge in [0, 0.05) is 17.8 Å². The number of aromatic nitrogens is 1. The number of halogens is 1. The smallest absolute Gasteiger partial charge is 0.261 e. The fraction of sp³-hybridized carbons (Fsp3) is 0.0769. The van der Waals surface area contributed by atoms with Crippen molar-refractivity contribution in [1.82, 2.24) is 10.3 Å². The quantitative estimate of drug-likeness (QED) is 0.870. The number of hydrogen-bond acceptors (Lipinski definition) is 2.